The van der Waals surface area contributed by atoms with Crippen LogP contribution in [0.1, 0.15) is 28.3 Å². The van der Waals surface area contributed by atoms with Crippen molar-refractivity contribution in [2.75, 3.05) is 5.32 Å². The average Bonchev–Trinajstić information content (AvgIpc) is 2.83. The van der Waals surface area contributed by atoms with Crippen LogP contribution in [-0.4, -0.2) is 16.9 Å². The molecule has 4 aromatic rings. The summed E-state index contributed by atoms with van der Waals surface area (Å²) < 4.78 is 0. The number of hydrogen-bond donors (Lipinski definition) is 2. The van der Waals surface area contributed by atoms with Crippen molar-refractivity contribution >= 4 is 36.4 Å². The molecule has 3 aromatic carbocycles. The van der Waals surface area contributed by atoms with Crippen LogP contribution in [0.2, 0.25) is 0 Å². The van der Waals surface area contributed by atoms with Gasteiger partial charge >= 0.3 is 0 Å². The molecule has 0 saturated heterocycles. The molecule has 6 heteroatoms. The Hall–Kier alpha value is -3.18. The molecule has 3 N–H and O–H groups in total. The predicted molar refractivity (Wildman–Crippen MR) is 145 cm³/mol. The highest BCUT2D eigenvalue weighted by atomic mass is 35.5. The van der Waals surface area contributed by atoms with E-state index < -0.39 is 6.04 Å². The van der Waals surface area contributed by atoms with E-state index in [9.17, 15) is 4.79 Å². The molecule has 4 rings (SSSR count). The summed E-state index contributed by atoms with van der Waals surface area (Å²) in [5.41, 5.74) is 13.6. The predicted octanol–water partition coefficient (Wildman–Crippen LogP) is 6.31. The molecule has 0 radical (unpaired) electrons. The van der Waals surface area contributed by atoms with Gasteiger partial charge in [0.1, 0.15) is 0 Å². The maximum atomic E-state index is 13.1. The fourth-order valence-corrected chi connectivity index (χ4v) is 3.99. The van der Waals surface area contributed by atoms with Crippen LogP contribution in [0.4, 0.5) is 5.69 Å². The van der Waals surface area contributed by atoms with Crippen molar-refractivity contribution in [2.45, 2.75) is 25.8 Å². The molecule has 1 heterocycles. The molecule has 0 aliphatic heterocycles. The highest BCUT2D eigenvalue weighted by Crippen LogP contribution is 2.29. The minimum Gasteiger partial charge on any atom is -0.325 e. The average molecular weight is 494 g/mol. The zero-order valence-electron chi connectivity index (χ0n) is 19.1. The third-order valence-corrected chi connectivity index (χ3v) is 5.90. The molecule has 176 valence electrons. The molecule has 34 heavy (non-hydrogen) atoms. The first-order chi connectivity index (χ1) is 15.5. The molecule has 0 fully saturated rings. The van der Waals surface area contributed by atoms with Gasteiger partial charge in [-0.05, 0) is 59.9 Å². The molecule has 1 aromatic heterocycles. The summed E-state index contributed by atoms with van der Waals surface area (Å²) in [4.78, 5) is 17.4. The monoisotopic (exact) mass is 493 g/mol. The summed E-state index contributed by atoms with van der Waals surface area (Å²) >= 11 is 0. The number of pyridine rings is 1. The Balaban J connectivity index is 0.00000204. The van der Waals surface area contributed by atoms with Crippen LogP contribution in [0, 0.1) is 13.8 Å². The van der Waals surface area contributed by atoms with Gasteiger partial charge in [0.15, 0.2) is 0 Å². The lowest BCUT2D eigenvalue weighted by Crippen LogP contribution is -2.41. The Morgan fingerprint density at radius 2 is 1.32 bits per heavy atom. The van der Waals surface area contributed by atoms with Crippen molar-refractivity contribution in [3.63, 3.8) is 0 Å². The minimum absolute atomic E-state index is 0. The maximum Gasteiger partial charge on any atom is 0.242 e. The third-order valence-electron chi connectivity index (χ3n) is 5.90. The Kier molecular flexibility index (Phi) is 9.82. The van der Waals surface area contributed by atoms with Gasteiger partial charge in [-0.2, -0.15) is 0 Å². The SMILES string of the molecule is Cc1nccc(-c2ccc(NC(=O)[C@@H](N)C(c3ccccc3)c3ccccc3)cc2)c1C.Cl.Cl. The van der Waals surface area contributed by atoms with Gasteiger partial charge < -0.3 is 11.1 Å². The smallest absolute Gasteiger partial charge is 0.242 e. The number of carbonyl (C=O) groups is 1. The lowest BCUT2D eigenvalue weighted by molar-refractivity contribution is -0.117. The van der Waals surface area contributed by atoms with Gasteiger partial charge in [0, 0.05) is 23.5 Å². The fourth-order valence-electron chi connectivity index (χ4n) is 3.99. The zero-order valence-corrected chi connectivity index (χ0v) is 20.8. The normalized spacial score (nSPS) is 11.2. The van der Waals surface area contributed by atoms with Gasteiger partial charge in [-0.3, -0.25) is 9.78 Å². The number of benzene rings is 3. The van der Waals surface area contributed by atoms with E-state index in [-0.39, 0.29) is 36.6 Å². The molecule has 0 saturated carbocycles. The third kappa shape index (κ3) is 6.03. The van der Waals surface area contributed by atoms with Gasteiger partial charge in [0.05, 0.1) is 6.04 Å². The first-order valence-electron chi connectivity index (χ1n) is 10.7. The second kappa shape index (κ2) is 12.3. The Labute approximate surface area is 213 Å². The molecule has 0 spiro atoms. The van der Waals surface area contributed by atoms with E-state index in [1.54, 1.807) is 0 Å². The highest BCUT2D eigenvalue weighted by molar-refractivity contribution is 5.96. The van der Waals surface area contributed by atoms with Crippen molar-refractivity contribution in [1.82, 2.24) is 4.98 Å². The summed E-state index contributed by atoms with van der Waals surface area (Å²) in [5, 5.41) is 2.99. The van der Waals surface area contributed by atoms with E-state index in [0.29, 0.717) is 0 Å². The van der Waals surface area contributed by atoms with Gasteiger partial charge in [-0.25, -0.2) is 0 Å². The Morgan fingerprint density at radius 3 is 1.85 bits per heavy atom. The number of nitrogens with zero attached hydrogens (tertiary/aromatic N) is 1. The number of hydrogen-bond acceptors (Lipinski definition) is 3. The number of nitrogens with one attached hydrogen (secondary N) is 1. The largest absolute Gasteiger partial charge is 0.325 e. The van der Waals surface area contributed by atoms with Crippen LogP contribution >= 0.6 is 24.8 Å². The van der Waals surface area contributed by atoms with E-state index >= 15 is 0 Å². The molecule has 0 bridgehead atoms. The van der Waals surface area contributed by atoms with E-state index in [0.717, 1.165) is 39.2 Å². The number of carbonyl (C=O) groups excluding carboxylic acids is 1. The minimum atomic E-state index is -0.732. The standard InChI is InChI=1S/C28H27N3O.2ClH/c1-19-20(2)30-18-17-25(19)21-13-15-24(16-14-21)31-28(32)27(29)26(22-9-5-3-6-10-22)23-11-7-4-8-12-23;;/h3-18,26-27H,29H2,1-2H3,(H,31,32);2*1H/t27-;;/m0../s1. The van der Waals surface area contributed by atoms with E-state index in [1.165, 1.54) is 0 Å². The quantitative estimate of drug-likeness (QED) is 0.330. The first-order valence-corrected chi connectivity index (χ1v) is 10.7. The topological polar surface area (TPSA) is 68.0 Å². The van der Waals surface area contributed by atoms with Crippen molar-refractivity contribution in [2.24, 2.45) is 5.73 Å². The molecular formula is C28H29Cl2N3O. The van der Waals surface area contributed by atoms with Gasteiger partial charge in [-0.15, -0.1) is 24.8 Å². The van der Waals surface area contributed by atoms with Crippen molar-refractivity contribution in [1.29, 1.82) is 0 Å². The summed E-state index contributed by atoms with van der Waals surface area (Å²) in [6.07, 6.45) is 1.82. The molecule has 0 aliphatic carbocycles. The first kappa shape index (κ1) is 27.1. The summed E-state index contributed by atoms with van der Waals surface area (Å²) in [7, 11) is 0. The molecule has 1 atom stereocenters. The number of aryl methyl sites for hydroxylation is 1. The molecule has 0 unspecified atom stereocenters. The van der Waals surface area contributed by atoms with Crippen LogP contribution in [0.3, 0.4) is 0 Å². The van der Waals surface area contributed by atoms with Gasteiger partial charge in [0.2, 0.25) is 5.91 Å². The number of anilines is 1. The molecule has 0 aliphatic rings. The summed E-state index contributed by atoms with van der Waals surface area (Å²) in [5.74, 6) is -0.453. The lowest BCUT2D eigenvalue weighted by atomic mass is 9.85. The Bertz CT molecular complexity index is 1160. The summed E-state index contributed by atoms with van der Waals surface area (Å²) in [6, 6.07) is 29.0. The number of aromatic nitrogens is 1. The number of halogens is 2. The lowest BCUT2D eigenvalue weighted by Gasteiger charge is -2.24. The second-order valence-electron chi connectivity index (χ2n) is 7.96. The molecule has 1 amide bonds. The van der Waals surface area contributed by atoms with Crippen molar-refractivity contribution in [3.05, 3.63) is 120 Å². The molecule has 4 nitrogen and oxygen atoms in total. The fraction of sp³-hybridized carbons (Fsp3) is 0.143. The van der Waals surface area contributed by atoms with E-state index in [1.807, 2.05) is 104 Å². The van der Waals surface area contributed by atoms with Gasteiger partial charge in [0.25, 0.3) is 0 Å². The number of nitrogens with two attached hydrogens (primary N) is 1. The van der Waals surface area contributed by atoms with E-state index in [2.05, 4.69) is 17.2 Å². The van der Waals surface area contributed by atoms with Gasteiger partial charge in [-0.1, -0.05) is 72.8 Å². The maximum absolute atomic E-state index is 13.1. The van der Waals surface area contributed by atoms with E-state index in [4.69, 9.17) is 5.73 Å². The van der Waals surface area contributed by atoms with Crippen LogP contribution in [0.5, 0.6) is 0 Å². The van der Waals surface area contributed by atoms with Crippen LogP contribution < -0.4 is 11.1 Å². The van der Waals surface area contributed by atoms with Crippen LogP contribution in [0.25, 0.3) is 11.1 Å². The van der Waals surface area contributed by atoms with Crippen molar-refractivity contribution < 1.29 is 4.79 Å². The van der Waals surface area contributed by atoms with Crippen LogP contribution in [0.15, 0.2) is 97.2 Å². The molecular weight excluding hydrogens is 465 g/mol. The zero-order chi connectivity index (χ0) is 22.5. The van der Waals surface area contributed by atoms with Crippen LogP contribution in [-0.2, 0) is 4.79 Å². The highest BCUT2D eigenvalue weighted by Gasteiger charge is 2.27. The number of rotatable bonds is 6. The van der Waals surface area contributed by atoms with Crippen molar-refractivity contribution in [3.8, 4) is 11.1 Å². The Morgan fingerprint density at radius 1 is 0.794 bits per heavy atom. The number of amides is 1. The second-order valence-corrected chi connectivity index (χ2v) is 7.96. The summed E-state index contributed by atoms with van der Waals surface area (Å²) in [6.45, 7) is 4.07.